The van der Waals surface area contributed by atoms with Crippen LogP contribution in [-0.2, 0) is 22.6 Å². The number of carbonyl (C=O) groups excluding carboxylic acids is 1. The maximum absolute atomic E-state index is 13.0. The fourth-order valence-corrected chi connectivity index (χ4v) is 5.93. The van der Waals surface area contributed by atoms with E-state index >= 15 is 0 Å². The smallest absolute Gasteiger partial charge is 0.322 e. The van der Waals surface area contributed by atoms with Gasteiger partial charge >= 0.3 is 5.97 Å². The third-order valence-corrected chi connectivity index (χ3v) is 8.79. The highest BCUT2D eigenvalue weighted by molar-refractivity contribution is 7.87. The number of benzene rings is 2. The van der Waals surface area contributed by atoms with E-state index in [0.717, 1.165) is 22.0 Å². The number of carbonyl (C=O) groups is 2. The Morgan fingerprint density at radius 2 is 1.76 bits per heavy atom. The van der Waals surface area contributed by atoms with Crippen molar-refractivity contribution in [1.29, 1.82) is 0 Å². The Morgan fingerprint density at radius 3 is 2.30 bits per heavy atom. The Balaban J connectivity index is 1.81. The molecule has 1 heterocycles. The van der Waals surface area contributed by atoms with Gasteiger partial charge in [-0.3, -0.25) is 13.8 Å². The highest BCUT2D eigenvalue weighted by atomic mass is 35.5. The molecule has 0 aliphatic carbocycles. The molecule has 33 heavy (non-hydrogen) atoms. The normalized spacial score (nSPS) is 13.6. The minimum absolute atomic E-state index is 0.232. The van der Waals surface area contributed by atoms with E-state index < -0.39 is 21.5 Å². The van der Waals surface area contributed by atoms with E-state index in [1.807, 2.05) is 37.6 Å². The lowest BCUT2D eigenvalue weighted by atomic mass is 10.0. The number of amides is 1. The van der Waals surface area contributed by atoms with Crippen molar-refractivity contribution in [1.82, 2.24) is 9.88 Å². The minimum Gasteiger partial charge on any atom is -0.480 e. The van der Waals surface area contributed by atoms with E-state index in [0.29, 0.717) is 15.6 Å². The molecule has 2 atom stereocenters. The zero-order chi connectivity index (χ0) is 24.5. The molecule has 3 rings (SSSR count). The molecular formula is C25H29ClN2O4S. The average molecular weight is 489 g/mol. The number of halogens is 1. The molecule has 0 radical (unpaired) electrons. The van der Waals surface area contributed by atoms with Gasteiger partial charge in [-0.2, -0.15) is 0 Å². The molecule has 3 aromatic rings. The monoisotopic (exact) mass is 488 g/mol. The van der Waals surface area contributed by atoms with Gasteiger partial charge in [0.05, 0.1) is 27.4 Å². The average Bonchev–Trinajstić information content (AvgIpc) is 3.11. The minimum atomic E-state index is -1.69. The van der Waals surface area contributed by atoms with Crippen LogP contribution in [0.3, 0.4) is 0 Å². The van der Waals surface area contributed by atoms with E-state index in [9.17, 15) is 18.9 Å². The largest absolute Gasteiger partial charge is 0.480 e. The van der Waals surface area contributed by atoms with Crippen molar-refractivity contribution in [2.75, 3.05) is 0 Å². The standard InChI is InChI=1S/C25H29ClN2O4S/c1-6-25(7-2,24(30)31)33(32)18-10-8-17(9-11-18)16(4)27-23(29)22-14-19-20(26)12-15(3)13-21(19)28(22)5/h8-14,16H,6-7H2,1-5H3,(H,27,29)(H,30,31)/t16-,33?/m1/s1. The summed E-state index contributed by atoms with van der Waals surface area (Å²) in [6.07, 6.45) is 0.544. The second-order valence-corrected chi connectivity index (χ2v) is 10.5. The van der Waals surface area contributed by atoms with Crippen LogP contribution < -0.4 is 5.32 Å². The van der Waals surface area contributed by atoms with Gasteiger partial charge in [0.15, 0.2) is 0 Å². The maximum Gasteiger partial charge on any atom is 0.322 e. The molecule has 0 spiro atoms. The van der Waals surface area contributed by atoms with Crippen LogP contribution in [0.1, 0.15) is 61.3 Å². The van der Waals surface area contributed by atoms with Gasteiger partial charge in [0.1, 0.15) is 10.4 Å². The van der Waals surface area contributed by atoms with Crippen molar-refractivity contribution in [3.05, 3.63) is 64.3 Å². The van der Waals surface area contributed by atoms with E-state index in [1.165, 1.54) is 0 Å². The second kappa shape index (κ2) is 9.69. The Labute approximate surface area is 201 Å². The van der Waals surface area contributed by atoms with Crippen LogP contribution >= 0.6 is 11.6 Å². The van der Waals surface area contributed by atoms with E-state index in [-0.39, 0.29) is 24.8 Å². The van der Waals surface area contributed by atoms with Gasteiger partial charge in [-0.05, 0) is 68.1 Å². The molecule has 6 nitrogen and oxygen atoms in total. The lowest BCUT2D eigenvalue weighted by Gasteiger charge is -2.26. The lowest BCUT2D eigenvalue weighted by molar-refractivity contribution is -0.140. The summed E-state index contributed by atoms with van der Waals surface area (Å²) < 4.78 is 13.5. The molecule has 2 aromatic carbocycles. The lowest BCUT2D eigenvalue weighted by Crippen LogP contribution is -2.41. The Morgan fingerprint density at radius 1 is 1.15 bits per heavy atom. The van der Waals surface area contributed by atoms with Crippen molar-refractivity contribution >= 4 is 45.2 Å². The summed E-state index contributed by atoms with van der Waals surface area (Å²) >= 11 is 6.36. The predicted molar refractivity (Wildman–Crippen MR) is 132 cm³/mol. The third kappa shape index (κ3) is 4.57. The number of hydrogen-bond acceptors (Lipinski definition) is 3. The van der Waals surface area contributed by atoms with Gasteiger partial charge in [0.2, 0.25) is 0 Å². The highest BCUT2D eigenvalue weighted by Crippen LogP contribution is 2.30. The van der Waals surface area contributed by atoms with Gasteiger partial charge < -0.3 is 15.0 Å². The van der Waals surface area contributed by atoms with E-state index in [1.54, 1.807) is 44.2 Å². The fraction of sp³-hybridized carbons (Fsp3) is 0.360. The van der Waals surface area contributed by atoms with Crippen LogP contribution in [0.5, 0.6) is 0 Å². The molecule has 0 aliphatic rings. The molecule has 0 bridgehead atoms. The first-order valence-electron chi connectivity index (χ1n) is 10.9. The summed E-state index contributed by atoms with van der Waals surface area (Å²) in [7, 11) is 0.140. The first kappa shape index (κ1) is 25.0. The van der Waals surface area contributed by atoms with Crippen molar-refractivity contribution in [2.24, 2.45) is 7.05 Å². The molecule has 8 heteroatoms. The Hall–Kier alpha value is -2.64. The fourth-order valence-electron chi connectivity index (χ4n) is 4.09. The number of aryl methyl sites for hydroxylation is 2. The van der Waals surface area contributed by atoms with Crippen molar-refractivity contribution < 1.29 is 18.9 Å². The summed E-state index contributed by atoms with van der Waals surface area (Å²) in [5.41, 5.74) is 3.23. The summed E-state index contributed by atoms with van der Waals surface area (Å²) in [6, 6.07) is 12.2. The number of nitrogens with one attached hydrogen (secondary N) is 1. The highest BCUT2D eigenvalue weighted by Gasteiger charge is 2.42. The van der Waals surface area contributed by atoms with Crippen LogP contribution in [-0.4, -0.2) is 30.5 Å². The third-order valence-electron chi connectivity index (χ3n) is 6.32. The zero-order valence-corrected chi connectivity index (χ0v) is 21.0. The van der Waals surface area contributed by atoms with Crippen LogP contribution in [0.4, 0.5) is 0 Å². The topological polar surface area (TPSA) is 88.4 Å². The molecule has 1 aromatic heterocycles. The van der Waals surface area contributed by atoms with Gasteiger partial charge in [-0.15, -0.1) is 0 Å². The number of carboxylic acids is 1. The van der Waals surface area contributed by atoms with Gasteiger partial charge in [0.25, 0.3) is 5.91 Å². The van der Waals surface area contributed by atoms with Crippen LogP contribution in [0.25, 0.3) is 10.9 Å². The van der Waals surface area contributed by atoms with Gasteiger partial charge in [0, 0.05) is 17.3 Å². The Kier molecular flexibility index (Phi) is 7.34. The quantitative estimate of drug-likeness (QED) is 0.445. The SMILES string of the molecule is CCC(CC)(C(=O)O)S(=O)c1ccc([C@@H](C)NC(=O)c2cc3c(Cl)cc(C)cc3n2C)cc1. The van der Waals surface area contributed by atoms with Crippen molar-refractivity contribution in [2.45, 2.75) is 56.2 Å². The first-order chi connectivity index (χ1) is 15.5. The van der Waals surface area contributed by atoms with E-state index in [2.05, 4.69) is 5.32 Å². The number of hydrogen-bond donors (Lipinski definition) is 2. The summed E-state index contributed by atoms with van der Waals surface area (Å²) in [4.78, 5) is 25.3. The molecule has 1 unspecified atom stereocenters. The number of fused-ring (bicyclic) bond motifs is 1. The van der Waals surface area contributed by atoms with Crippen LogP contribution in [0.15, 0.2) is 47.4 Å². The van der Waals surface area contributed by atoms with Gasteiger partial charge in [-0.1, -0.05) is 37.6 Å². The van der Waals surface area contributed by atoms with Gasteiger partial charge in [-0.25, -0.2) is 0 Å². The number of nitrogens with zero attached hydrogens (tertiary/aromatic N) is 1. The van der Waals surface area contributed by atoms with Crippen LogP contribution in [0.2, 0.25) is 5.02 Å². The maximum atomic E-state index is 13.0. The van der Waals surface area contributed by atoms with E-state index in [4.69, 9.17) is 11.6 Å². The molecule has 176 valence electrons. The van der Waals surface area contributed by atoms with Crippen molar-refractivity contribution in [3.63, 3.8) is 0 Å². The number of aromatic nitrogens is 1. The zero-order valence-electron chi connectivity index (χ0n) is 19.4. The van der Waals surface area contributed by atoms with Crippen molar-refractivity contribution in [3.8, 4) is 0 Å². The first-order valence-corrected chi connectivity index (χ1v) is 12.4. The summed E-state index contributed by atoms with van der Waals surface area (Å²) in [5.74, 6) is -1.29. The summed E-state index contributed by atoms with van der Waals surface area (Å²) in [5, 5.41) is 14.1. The number of carboxylic acid groups (broad SMARTS) is 1. The Bertz CT molecular complexity index is 1230. The molecule has 0 saturated heterocycles. The van der Waals surface area contributed by atoms with Crippen LogP contribution in [0, 0.1) is 6.92 Å². The molecule has 0 saturated carbocycles. The molecule has 0 aliphatic heterocycles. The molecule has 1 amide bonds. The molecular weight excluding hydrogens is 460 g/mol. The summed E-state index contributed by atoms with van der Waals surface area (Å²) in [6.45, 7) is 7.30. The number of rotatable bonds is 8. The predicted octanol–water partition coefficient (Wildman–Crippen LogP) is 5.38. The number of aliphatic carboxylic acids is 1. The molecule has 0 fully saturated rings. The molecule has 2 N–H and O–H groups in total. The second-order valence-electron chi connectivity index (χ2n) is 8.31.